The molecule has 0 saturated carbocycles. The number of methoxy groups -OCH3 is 1. The number of ether oxygens (including phenoxy) is 1. The van der Waals surface area contributed by atoms with Gasteiger partial charge in [0.15, 0.2) is 0 Å². The van der Waals surface area contributed by atoms with E-state index in [1.807, 2.05) is 26.8 Å². The highest BCUT2D eigenvalue weighted by molar-refractivity contribution is 5.06. The Balaban J connectivity index is 4.09. The largest absolute Gasteiger partial charge is 0.392 e. The average Bonchev–Trinajstić information content (AvgIpc) is 1.87. The average molecular weight is 144 g/mol. The summed E-state index contributed by atoms with van der Waals surface area (Å²) in [5, 5.41) is 8.67. The lowest BCUT2D eigenvalue weighted by Gasteiger charge is -2.18. The van der Waals surface area contributed by atoms with E-state index < -0.39 is 0 Å². The highest BCUT2D eigenvalue weighted by Gasteiger charge is 2.11. The lowest BCUT2D eigenvalue weighted by Crippen LogP contribution is -2.19. The Labute approximate surface area is 62.5 Å². The van der Waals surface area contributed by atoms with Gasteiger partial charge in [0.05, 0.1) is 12.2 Å². The normalized spacial score (nSPS) is 13.9. The third kappa shape index (κ3) is 3.64. The maximum absolute atomic E-state index is 8.67. The molecule has 0 amide bonds. The number of aliphatic hydroxyl groups excluding tert-OH is 1. The Bertz CT molecular complexity index is 125. The van der Waals surface area contributed by atoms with Crippen LogP contribution in [0.25, 0.3) is 0 Å². The Morgan fingerprint density at radius 3 is 2.40 bits per heavy atom. The first kappa shape index (κ1) is 9.66. The third-order valence-electron chi connectivity index (χ3n) is 1.37. The van der Waals surface area contributed by atoms with Crippen LogP contribution in [0, 0.1) is 0 Å². The van der Waals surface area contributed by atoms with Crippen LogP contribution in [0.1, 0.15) is 20.8 Å². The summed E-state index contributed by atoms with van der Waals surface area (Å²) in [4.78, 5) is 0. The van der Waals surface area contributed by atoms with Crippen molar-refractivity contribution in [1.29, 1.82) is 0 Å². The number of hydrogen-bond donors (Lipinski definition) is 1. The van der Waals surface area contributed by atoms with Crippen molar-refractivity contribution in [2.75, 3.05) is 13.7 Å². The van der Waals surface area contributed by atoms with Crippen molar-refractivity contribution in [1.82, 2.24) is 0 Å². The highest BCUT2D eigenvalue weighted by Crippen LogP contribution is 2.11. The standard InChI is InChI=1S/C8H16O2/c1-7(6-9)5-8(2,3)10-4/h5,9H,6H2,1-4H3/b7-5-. The lowest BCUT2D eigenvalue weighted by atomic mass is 10.1. The highest BCUT2D eigenvalue weighted by atomic mass is 16.5. The molecular weight excluding hydrogens is 128 g/mol. The van der Waals surface area contributed by atoms with Crippen LogP contribution in [-0.2, 0) is 4.74 Å². The quantitative estimate of drug-likeness (QED) is 0.606. The first-order valence-electron chi connectivity index (χ1n) is 3.36. The third-order valence-corrected chi connectivity index (χ3v) is 1.37. The van der Waals surface area contributed by atoms with E-state index in [1.165, 1.54) is 0 Å². The molecule has 10 heavy (non-hydrogen) atoms. The SMILES string of the molecule is COC(C)(C)/C=C(/C)CO. The molecule has 0 spiro atoms. The zero-order valence-corrected chi connectivity index (χ0v) is 7.14. The molecule has 0 fully saturated rings. The van der Waals surface area contributed by atoms with E-state index in [0.717, 1.165) is 5.57 Å². The molecule has 0 aromatic rings. The fraction of sp³-hybridized carbons (Fsp3) is 0.750. The first-order chi connectivity index (χ1) is 4.52. The van der Waals surface area contributed by atoms with E-state index in [0.29, 0.717) is 0 Å². The molecule has 0 radical (unpaired) electrons. The molecule has 2 heteroatoms. The molecule has 0 heterocycles. The van der Waals surface area contributed by atoms with Crippen molar-refractivity contribution in [2.24, 2.45) is 0 Å². The Morgan fingerprint density at radius 1 is 1.60 bits per heavy atom. The lowest BCUT2D eigenvalue weighted by molar-refractivity contribution is 0.0643. The van der Waals surface area contributed by atoms with Gasteiger partial charge in [-0.25, -0.2) is 0 Å². The monoisotopic (exact) mass is 144 g/mol. The van der Waals surface area contributed by atoms with Crippen LogP contribution >= 0.6 is 0 Å². The van der Waals surface area contributed by atoms with Crippen LogP contribution in [0.2, 0.25) is 0 Å². The topological polar surface area (TPSA) is 29.5 Å². The number of hydrogen-bond acceptors (Lipinski definition) is 2. The minimum absolute atomic E-state index is 0.104. The van der Waals surface area contributed by atoms with Crippen LogP contribution in [0.4, 0.5) is 0 Å². The Hall–Kier alpha value is -0.340. The van der Waals surface area contributed by atoms with Gasteiger partial charge in [0.2, 0.25) is 0 Å². The van der Waals surface area contributed by atoms with Gasteiger partial charge in [0, 0.05) is 7.11 Å². The molecule has 0 aliphatic heterocycles. The van der Waals surface area contributed by atoms with Crippen molar-refractivity contribution >= 4 is 0 Å². The summed E-state index contributed by atoms with van der Waals surface area (Å²) in [5.41, 5.74) is 0.680. The second-order valence-electron chi connectivity index (χ2n) is 2.96. The molecule has 0 aromatic heterocycles. The fourth-order valence-electron chi connectivity index (χ4n) is 0.698. The molecule has 0 aliphatic rings. The molecule has 0 saturated heterocycles. The van der Waals surface area contributed by atoms with Gasteiger partial charge in [-0.2, -0.15) is 0 Å². The summed E-state index contributed by atoms with van der Waals surface area (Å²) in [6.45, 7) is 5.88. The van der Waals surface area contributed by atoms with E-state index in [2.05, 4.69) is 0 Å². The molecule has 0 rings (SSSR count). The molecule has 60 valence electrons. The van der Waals surface area contributed by atoms with Crippen LogP contribution in [0.5, 0.6) is 0 Å². The van der Waals surface area contributed by atoms with E-state index in [4.69, 9.17) is 9.84 Å². The summed E-state index contributed by atoms with van der Waals surface area (Å²) in [5.74, 6) is 0. The van der Waals surface area contributed by atoms with E-state index in [1.54, 1.807) is 7.11 Å². The fourth-order valence-corrected chi connectivity index (χ4v) is 0.698. The van der Waals surface area contributed by atoms with Crippen molar-refractivity contribution in [2.45, 2.75) is 26.4 Å². The second kappa shape index (κ2) is 3.74. The summed E-state index contributed by atoms with van der Waals surface area (Å²) in [6, 6.07) is 0. The maximum atomic E-state index is 8.67. The summed E-state index contributed by atoms with van der Waals surface area (Å²) in [6.07, 6.45) is 1.91. The molecule has 0 bridgehead atoms. The van der Waals surface area contributed by atoms with Gasteiger partial charge < -0.3 is 9.84 Å². The minimum Gasteiger partial charge on any atom is -0.392 e. The van der Waals surface area contributed by atoms with Gasteiger partial charge in [-0.3, -0.25) is 0 Å². The van der Waals surface area contributed by atoms with Gasteiger partial charge in [0.25, 0.3) is 0 Å². The number of rotatable bonds is 3. The smallest absolute Gasteiger partial charge is 0.0805 e. The van der Waals surface area contributed by atoms with Gasteiger partial charge >= 0.3 is 0 Å². The van der Waals surface area contributed by atoms with Crippen molar-refractivity contribution in [3.63, 3.8) is 0 Å². The Kier molecular flexibility index (Phi) is 3.61. The van der Waals surface area contributed by atoms with E-state index in [9.17, 15) is 0 Å². The molecule has 1 N–H and O–H groups in total. The van der Waals surface area contributed by atoms with E-state index in [-0.39, 0.29) is 12.2 Å². The predicted molar refractivity (Wildman–Crippen MR) is 41.9 cm³/mol. The molecule has 0 atom stereocenters. The van der Waals surface area contributed by atoms with Crippen molar-refractivity contribution < 1.29 is 9.84 Å². The van der Waals surface area contributed by atoms with Gasteiger partial charge in [-0.05, 0) is 26.3 Å². The molecule has 0 aromatic carbocycles. The zero-order valence-electron chi connectivity index (χ0n) is 7.14. The molecular formula is C8H16O2. The predicted octanol–water partition coefficient (Wildman–Crippen LogP) is 1.35. The van der Waals surface area contributed by atoms with Gasteiger partial charge in [-0.15, -0.1) is 0 Å². The minimum atomic E-state index is -0.257. The zero-order chi connectivity index (χ0) is 8.20. The summed E-state index contributed by atoms with van der Waals surface area (Å²) < 4.78 is 5.12. The Morgan fingerprint density at radius 2 is 2.10 bits per heavy atom. The van der Waals surface area contributed by atoms with Gasteiger partial charge in [0.1, 0.15) is 0 Å². The molecule has 0 aliphatic carbocycles. The first-order valence-corrected chi connectivity index (χ1v) is 3.36. The summed E-state index contributed by atoms with van der Waals surface area (Å²) >= 11 is 0. The van der Waals surface area contributed by atoms with Crippen LogP contribution in [0.3, 0.4) is 0 Å². The van der Waals surface area contributed by atoms with Gasteiger partial charge in [-0.1, -0.05) is 6.08 Å². The van der Waals surface area contributed by atoms with Crippen molar-refractivity contribution in [3.05, 3.63) is 11.6 Å². The van der Waals surface area contributed by atoms with Crippen LogP contribution < -0.4 is 0 Å². The van der Waals surface area contributed by atoms with Crippen molar-refractivity contribution in [3.8, 4) is 0 Å². The number of aliphatic hydroxyl groups is 1. The van der Waals surface area contributed by atoms with Crippen LogP contribution in [-0.4, -0.2) is 24.4 Å². The summed E-state index contributed by atoms with van der Waals surface area (Å²) in [7, 11) is 1.65. The molecule has 0 unspecified atom stereocenters. The molecule has 2 nitrogen and oxygen atoms in total. The van der Waals surface area contributed by atoms with E-state index >= 15 is 0 Å². The van der Waals surface area contributed by atoms with Crippen LogP contribution in [0.15, 0.2) is 11.6 Å². The second-order valence-corrected chi connectivity index (χ2v) is 2.96. The maximum Gasteiger partial charge on any atom is 0.0805 e.